The zero-order chi connectivity index (χ0) is 10.2. The van der Waals surface area contributed by atoms with E-state index in [-0.39, 0.29) is 12.2 Å². The highest BCUT2D eigenvalue weighted by atomic mass is 19.3. The first-order valence-electron chi connectivity index (χ1n) is 4.16. The molecule has 1 aliphatic rings. The monoisotopic (exact) mass is 195 g/mol. The van der Waals surface area contributed by atoms with E-state index in [0.717, 1.165) is 5.56 Å². The summed E-state index contributed by atoms with van der Waals surface area (Å²) in [5, 5.41) is 8.44. The minimum Gasteiger partial charge on any atom is -0.432 e. The van der Waals surface area contributed by atoms with E-state index in [1.807, 2.05) is 6.07 Å². The lowest BCUT2D eigenvalue weighted by Crippen LogP contribution is -2.20. The molecule has 0 spiro atoms. The van der Waals surface area contributed by atoms with Crippen LogP contribution in [0.15, 0.2) is 18.2 Å². The Morgan fingerprint density at radius 3 is 3.00 bits per heavy atom. The Labute approximate surface area is 79.7 Å². The molecule has 0 saturated carbocycles. The highest BCUT2D eigenvalue weighted by Gasteiger charge is 2.39. The molecule has 0 amide bonds. The van der Waals surface area contributed by atoms with Gasteiger partial charge in [-0.25, -0.2) is 0 Å². The third-order valence-electron chi connectivity index (χ3n) is 2.06. The molecule has 2 nitrogen and oxygen atoms in total. The number of hydrogen-bond donors (Lipinski definition) is 0. The van der Waals surface area contributed by atoms with Gasteiger partial charge >= 0.3 is 6.11 Å². The van der Waals surface area contributed by atoms with Gasteiger partial charge in [-0.2, -0.15) is 14.0 Å². The first-order valence-corrected chi connectivity index (χ1v) is 4.16. The van der Waals surface area contributed by atoms with Crippen molar-refractivity contribution in [3.8, 4) is 11.8 Å². The van der Waals surface area contributed by atoms with Crippen LogP contribution < -0.4 is 4.74 Å². The Morgan fingerprint density at radius 2 is 2.29 bits per heavy atom. The molecular formula is C10H7F2NO. The predicted octanol–water partition coefficient (Wildman–Crippen LogP) is 2.28. The van der Waals surface area contributed by atoms with Crippen LogP contribution in [0.5, 0.6) is 5.75 Å². The normalized spacial score (nSPS) is 16.9. The van der Waals surface area contributed by atoms with Crippen LogP contribution in [0.2, 0.25) is 0 Å². The fourth-order valence-electron chi connectivity index (χ4n) is 1.49. The Kier molecular flexibility index (Phi) is 1.88. The average Bonchev–Trinajstić information content (AvgIpc) is 2.38. The highest BCUT2D eigenvalue weighted by molar-refractivity contribution is 5.41. The van der Waals surface area contributed by atoms with E-state index in [1.54, 1.807) is 12.1 Å². The summed E-state index contributed by atoms with van der Waals surface area (Å²) in [6.07, 6.45) is -3.26. The minimum atomic E-state index is -3.09. The van der Waals surface area contributed by atoms with Crippen LogP contribution in [0.4, 0.5) is 8.78 Å². The minimum absolute atomic E-state index is 0.219. The van der Waals surface area contributed by atoms with Gasteiger partial charge < -0.3 is 4.74 Å². The SMILES string of the molecule is N#CCc1ccc2c(c1)CC(F)(F)O2. The summed E-state index contributed by atoms with van der Waals surface area (Å²) in [6, 6.07) is 6.68. The summed E-state index contributed by atoms with van der Waals surface area (Å²) in [4.78, 5) is 0. The Morgan fingerprint density at radius 1 is 1.50 bits per heavy atom. The zero-order valence-corrected chi connectivity index (χ0v) is 7.26. The van der Waals surface area contributed by atoms with Crippen molar-refractivity contribution in [2.24, 2.45) is 0 Å². The Balaban J connectivity index is 2.32. The fraction of sp³-hybridized carbons (Fsp3) is 0.300. The van der Waals surface area contributed by atoms with Crippen molar-refractivity contribution in [1.29, 1.82) is 5.26 Å². The van der Waals surface area contributed by atoms with Gasteiger partial charge in [0.2, 0.25) is 0 Å². The number of nitriles is 1. The summed E-state index contributed by atoms with van der Waals surface area (Å²) >= 11 is 0. The summed E-state index contributed by atoms with van der Waals surface area (Å²) < 4.78 is 29.9. The number of rotatable bonds is 1. The van der Waals surface area contributed by atoms with Crippen LogP contribution in [0.1, 0.15) is 11.1 Å². The van der Waals surface area contributed by atoms with Gasteiger partial charge in [0, 0.05) is 5.56 Å². The number of hydrogen-bond acceptors (Lipinski definition) is 2. The standard InChI is InChI=1S/C10H7F2NO/c11-10(12)6-8-5-7(3-4-13)1-2-9(8)14-10/h1-2,5H,3,6H2. The third-order valence-corrected chi connectivity index (χ3v) is 2.06. The van der Waals surface area contributed by atoms with E-state index in [2.05, 4.69) is 4.74 Å². The van der Waals surface area contributed by atoms with Gasteiger partial charge in [-0.05, 0) is 11.6 Å². The van der Waals surface area contributed by atoms with Crippen LogP contribution in [0.25, 0.3) is 0 Å². The van der Waals surface area contributed by atoms with Crippen LogP contribution >= 0.6 is 0 Å². The van der Waals surface area contributed by atoms with E-state index < -0.39 is 12.5 Å². The van der Waals surface area contributed by atoms with Crippen molar-refractivity contribution in [2.45, 2.75) is 19.0 Å². The lowest BCUT2D eigenvalue weighted by atomic mass is 10.1. The predicted molar refractivity (Wildman–Crippen MR) is 45.0 cm³/mol. The number of halogens is 2. The molecule has 14 heavy (non-hydrogen) atoms. The Hall–Kier alpha value is -1.63. The van der Waals surface area contributed by atoms with Crippen molar-refractivity contribution < 1.29 is 13.5 Å². The summed E-state index contributed by atoms with van der Waals surface area (Å²) in [5.41, 5.74) is 1.22. The van der Waals surface area contributed by atoms with Crippen molar-refractivity contribution in [3.63, 3.8) is 0 Å². The molecular weight excluding hydrogens is 188 g/mol. The second-order valence-corrected chi connectivity index (χ2v) is 3.19. The molecule has 1 aromatic carbocycles. The highest BCUT2D eigenvalue weighted by Crippen LogP contribution is 2.37. The summed E-state index contributed by atoms with van der Waals surface area (Å²) in [7, 11) is 0. The molecule has 1 aromatic rings. The summed E-state index contributed by atoms with van der Waals surface area (Å²) in [6.45, 7) is 0. The van der Waals surface area contributed by atoms with E-state index in [1.165, 1.54) is 6.07 Å². The van der Waals surface area contributed by atoms with Gasteiger partial charge in [0.05, 0.1) is 18.9 Å². The maximum atomic E-state index is 12.8. The molecule has 0 unspecified atom stereocenters. The average molecular weight is 195 g/mol. The lowest BCUT2D eigenvalue weighted by Gasteiger charge is -2.06. The molecule has 0 radical (unpaired) electrons. The third kappa shape index (κ3) is 1.53. The van der Waals surface area contributed by atoms with Crippen LogP contribution in [0.3, 0.4) is 0 Å². The second-order valence-electron chi connectivity index (χ2n) is 3.19. The smallest absolute Gasteiger partial charge is 0.402 e. The maximum absolute atomic E-state index is 12.8. The van der Waals surface area contributed by atoms with E-state index >= 15 is 0 Å². The number of benzene rings is 1. The molecule has 0 fully saturated rings. The van der Waals surface area contributed by atoms with E-state index in [0.29, 0.717) is 5.56 Å². The van der Waals surface area contributed by atoms with Gasteiger partial charge in [0.1, 0.15) is 5.75 Å². The molecule has 1 aliphatic heterocycles. The molecule has 0 saturated heterocycles. The van der Waals surface area contributed by atoms with Crippen molar-refractivity contribution >= 4 is 0 Å². The molecule has 0 N–H and O–H groups in total. The first-order chi connectivity index (χ1) is 6.61. The number of nitrogens with zero attached hydrogens (tertiary/aromatic N) is 1. The van der Waals surface area contributed by atoms with Gasteiger partial charge in [0.15, 0.2) is 0 Å². The quantitative estimate of drug-likeness (QED) is 0.688. The molecule has 0 aliphatic carbocycles. The number of ether oxygens (including phenoxy) is 1. The maximum Gasteiger partial charge on any atom is 0.402 e. The zero-order valence-electron chi connectivity index (χ0n) is 7.26. The second kappa shape index (κ2) is 2.95. The van der Waals surface area contributed by atoms with Crippen molar-refractivity contribution in [1.82, 2.24) is 0 Å². The Bertz CT molecular complexity index is 409. The molecule has 0 atom stereocenters. The molecule has 2 rings (SSSR count). The van der Waals surface area contributed by atoms with Crippen LogP contribution in [0, 0.1) is 11.3 Å². The van der Waals surface area contributed by atoms with Gasteiger partial charge in [-0.15, -0.1) is 0 Å². The molecule has 4 heteroatoms. The van der Waals surface area contributed by atoms with Gasteiger partial charge in [0.25, 0.3) is 0 Å². The van der Waals surface area contributed by atoms with Crippen LogP contribution in [-0.4, -0.2) is 6.11 Å². The number of fused-ring (bicyclic) bond motifs is 1. The number of alkyl halides is 2. The van der Waals surface area contributed by atoms with Crippen molar-refractivity contribution in [2.75, 3.05) is 0 Å². The van der Waals surface area contributed by atoms with E-state index in [4.69, 9.17) is 5.26 Å². The fourth-order valence-corrected chi connectivity index (χ4v) is 1.49. The summed E-state index contributed by atoms with van der Waals surface area (Å²) in [5.74, 6) is 0.219. The lowest BCUT2D eigenvalue weighted by molar-refractivity contribution is -0.159. The largest absolute Gasteiger partial charge is 0.432 e. The first kappa shape index (κ1) is 8.95. The molecule has 1 heterocycles. The van der Waals surface area contributed by atoms with Gasteiger partial charge in [-0.1, -0.05) is 12.1 Å². The van der Waals surface area contributed by atoms with Crippen LogP contribution in [-0.2, 0) is 12.8 Å². The molecule has 0 bridgehead atoms. The molecule has 0 aromatic heterocycles. The topological polar surface area (TPSA) is 33.0 Å². The van der Waals surface area contributed by atoms with Gasteiger partial charge in [-0.3, -0.25) is 0 Å². The van der Waals surface area contributed by atoms with E-state index in [9.17, 15) is 8.78 Å². The molecule has 72 valence electrons. The van der Waals surface area contributed by atoms with Crippen molar-refractivity contribution in [3.05, 3.63) is 29.3 Å².